The number of imidazole rings is 1. The van der Waals surface area contributed by atoms with Gasteiger partial charge in [0.05, 0.1) is 17.9 Å². The first kappa shape index (κ1) is 25.3. The number of nitrogens with zero attached hydrogens (tertiary/aromatic N) is 6. The van der Waals surface area contributed by atoms with Crippen LogP contribution in [-0.4, -0.2) is 34.7 Å². The molecule has 0 bridgehead atoms. The molecule has 0 aliphatic rings. The van der Waals surface area contributed by atoms with Crippen LogP contribution in [0.2, 0.25) is 0 Å². The third kappa shape index (κ3) is 4.94. The van der Waals surface area contributed by atoms with Gasteiger partial charge in [0.15, 0.2) is 5.82 Å². The normalized spacial score (nSPS) is 11.2. The van der Waals surface area contributed by atoms with Crippen LogP contribution in [0.5, 0.6) is 0 Å². The Balaban J connectivity index is 1.51. The minimum absolute atomic E-state index is 0.0145. The zero-order valence-electron chi connectivity index (χ0n) is 22.2. The molecule has 0 aliphatic carbocycles. The largest absolute Gasteiger partial charge is 0.333 e. The van der Waals surface area contributed by atoms with Crippen molar-refractivity contribution < 1.29 is 0 Å². The SMILES string of the molecule is CCCCc1cn(-c2c(CC)cccc2CC)c(=O)n1Cc1ccc(-c2ncccc2-c2nnn[nH]2)cc1. The number of aromatic amines is 1. The lowest BCUT2D eigenvalue weighted by atomic mass is 10.0. The summed E-state index contributed by atoms with van der Waals surface area (Å²) in [6, 6.07) is 18.4. The second kappa shape index (κ2) is 11.4. The van der Waals surface area contributed by atoms with Gasteiger partial charge in [-0.25, -0.2) is 9.89 Å². The Bertz CT molecular complexity index is 1540. The maximum absolute atomic E-state index is 13.9. The predicted octanol–water partition coefficient (Wildman–Crippen LogP) is 5.40. The molecule has 1 N–H and O–H groups in total. The molecule has 0 radical (unpaired) electrons. The third-order valence-electron chi connectivity index (χ3n) is 7.03. The van der Waals surface area contributed by atoms with Crippen LogP contribution in [0.15, 0.2) is 71.8 Å². The number of aryl methyl sites for hydroxylation is 3. The van der Waals surface area contributed by atoms with E-state index in [1.165, 1.54) is 11.1 Å². The zero-order valence-corrected chi connectivity index (χ0v) is 22.2. The maximum Gasteiger partial charge on any atom is 0.333 e. The summed E-state index contributed by atoms with van der Waals surface area (Å²) < 4.78 is 3.81. The van der Waals surface area contributed by atoms with Gasteiger partial charge >= 0.3 is 5.69 Å². The Kier molecular flexibility index (Phi) is 7.58. The van der Waals surface area contributed by atoms with E-state index in [1.807, 2.05) is 33.4 Å². The molecule has 194 valence electrons. The number of hydrogen-bond donors (Lipinski definition) is 1. The van der Waals surface area contributed by atoms with Gasteiger partial charge < -0.3 is 0 Å². The quantitative estimate of drug-likeness (QED) is 0.273. The molecule has 0 unspecified atom stereocenters. The molecule has 0 saturated heterocycles. The first-order valence-electron chi connectivity index (χ1n) is 13.3. The number of H-pyrrole nitrogens is 1. The molecule has 3 heterocycles. The molecular weight excluding hydrogens is 474 g/mol. The number of rotatable bonds is 10. The van der Waals surface area contributed by atoms with Crippen molar-refractivity contribution in [2.75, 3.05) is 0 Å². The Morgan fingerprint density at radius 2 is 1.68 bits per heavy atom. The monoisotopic (exact) mass is 507 g/mol. The van der Waals surface area contributed by atoms with Crippen molar-refractivity contribution in [1.29, 1.82) is 0 Å². The van der Waals surface area contributed by atoms with Crippen molar-refractivity contribution in [1.82, 2.24) is 34.7 Å². The topological polar surface area (TPSA) is 94.3 Å². The summed E-state index contributed by atoms with van der Waals surface area (Å²) in [7, 11) is 0. The van der Waals surface area contributed by atoms with Gasteiger partial charge in [0.2, 0.25) is 0 Å². The van der Waals surface area contributed by atoms with Gasteiger partial charge in [-0.05, 0) is 64.9 Å². The highest BCUT2D eigenvalue weighted by molar-refractivity contribution is 5.76. The average molecular weight is 508 g/mol. The molecular formula is C30H33N7O. The maximum atomic E-state index is 13.9. The molecule has 2 aromatic carbocycles. The van der Waals surface area contributed by atoms with Crippen LogP contribution >= 0.6 is 0 Å². The van der Waals surface area contributed by atoms with Crippen molar-refractivity contribution in [2.45, 2.75) is 59.4 Å². The number of para-hydroxylation sites is 1. The van der Waals surface area contributed by atoms with Gasteiger partial charge in [0.1, 0.15) is 0 Å². The lowest BCUT2D eigenvalue weighted by molar-refractivity contribution is 0.673. The van der Waals surface area contributed by atoms with Crippen LogP contribution in [0.3, 0.4) is 0 Å². The zero-order chi connectivity index (χ0) is 26.5. The van der Waals surface area contributed by atoms with Crippen molar-refractivity contribution in [3.63, 3.8) is 0 Å². The van der Waals surface area contributed by atoms with Crippen LogP contribution in [-0.2, 0) is 25.8 Å². The van der Waals surface area contributed by atoms with Gasteiger partial charge in [-0.15, -0.1) is 5.10 Å². The summed E-state index contributed by atoms with van der Waals surface area (Å²) in [6.45, 7) is 6.99. The number of unbranched alkanes of at least 4 members (excludes halogenated alkanes) is 1. The van der Waals surface area contributed by atoms with Crippen molar-refractivity contribution in [3.8, 4) is 28.3 Å². The van der Waals surface area contributed by atoms with Crippen LogP contribution in [0, 0.1) is 0 Å². The van der Waals surface area contributed by atoms with E-state index in [1.54, 1.807) is 6.20 Å². The molecule has 8 nitrogen and oxygen atoms in total. The molecule has 0 atom stereocenters. The summed E-state index contributed by atoms with van der Waals surface area (Å²) in [4.78, 5) is 18.4. The first-order chi connectivity index (χ1) is 18.6. The molecule has 0 fully saturated rings. The number of pyridine rings is 1. The fourth-order valence-corrected chi connectivity index (χ4v) is 4.99. The van der Waals surface area contributed by atoms with Gasteiger partial charge in [-0.2, -0.15) is 0 Å². The minimum Gasteiger partial charge on any atom is -0.292 e. The van der Waals surface area contributed by atoms with Gasteiger partial charge in [0, 0.05) is 29.2 Å². The molecule has 38 heavy (non-hydrogen) atoms. The molecule has 5 rings (SSSR count). The molecule has 0 saturated carbocycles. The molecule has 0 aliphatic heterocycles. The fourth-order valence-electron chi connectivity index (χ4n) is 4.99. The molecule has 8 heteroatoms. The lowest BCUT2D eigenvalue weighted by Gasteiger charge is -2.13. The Morgan fingerprint density at radius 3 is 2.34 bits per heavy atom. The number of benzene rings is 2. The summed E-state index contributed by atoms with van der Waals surface area (Å²) in [5, 5.41) is 14.2. The van der Waals surface area contributed by atoms with Crippen molar-refractivity contribution in [2.24, 2.45) is 0 Å². The van der Waals surface area contributed by atoms with E-state index >= 15 is 0 Å². The Hall–Kier alpha value is -4.33. The molecule has 0 spiro atoms. The predicted molar refractivity (Wildman–Crippen MR) is 149 cm³/mol. The lowest BCUT2D eigenvalue weighted by Crippen LogP contribution is -2.26. The number of hydrogen-bond acceptors (Lipinski definition) is 5. The smallest absolute Gasteiger partial charge is 0.292 e. The number of tetrazole rings is 1. The van der Waals surface area contributed by atoms with E-state index in [9.17, 15) is 4.79 Å². The second-order valence-corrected chi connectivity index (χ2v) is 9.44. The third-order valence-corrected chi connectivity index (χ3v) is 7.03. The number of nitrogens with one attached hydrogen (secondary N) is 1. The summed E-state index contributed by atoms with van der Waals surface area (Å²) in [6.07, 6.45) is 8.57. The van der Waals surface area contributed by atoms with E-state index in [0.29, 0.717) is 12.4 Å². The summed E-state index contributed by atoms with van der Waals surface area (Å²) >= 11 is 0. The van der Waals surface area contributed by atoms with E-state index in [4.69, 9.17) is 0 Å². The van der Waals surface area contributed by atoms with E-state index in [2.05, 4.69) is 82.9 Å². The fraction of sp³-hybridized carbons (Fsp3) is 0.300. The summed E-state index contributed by atoms with van der Waals surface area (Å²) in [5.74, 6) is 0.574. The second-order valence-electron chi connectivity index (χ2n) is 9.44. The van der Waals surface area contributed by atoms with Crippen molar-refractivity contribution in [3.05, 3.63) is 99.9 Å². The van der Waals surface area contributed by atoms with Crippen LogP contribution in [0.1, 0.15) is 56.0 Å². The van der Waals surface area contributed by atoms with Gasteiger partial charge in [-0.1, -0.05) is 69.7 Å². The van der Waals surface area contributed by atoms with E-state index in [0.717, 1.165) is 65.9 Å². The molecule has 3 aromatic heterocycles. The molecule has 0 amide bonds. The first-order valence-corrected chi connectivity index (χ1v) is 13.3. The molecule has 5 aromatic rings. The Labute approximate surface area is 222 Å². The van der Waals surface area contributed by atoms with Crippen LogP contribution < -0.4 is 5.69 Å². The van der Waals surface area contributed by atoms with Gasteiger partial charge in [0.25, 0.3) is 0 Å². The van der Waals surface area contributed by atoms with Crippen LogP contribution in [0.25, 0.3) is 28.3 Å². The van der Waals surface area contributed by atoms with E-state index in [-0.39, 0.29) is 5.69 Å². The highest BCUT2D eigenvalue weighted by Gasteiger charge is 2.17. The Morgan fingerprint density at radius 1 is 0.921 bits per heavy atom. The van der Waals surface area contributed by atoms with Crippen LogP contribution in [0.4, 0.5) is 0 Å². The van der Waals surface area contributed by atoms with Gasteiger partial charge in [-0.3, -0.25) is 14.1 Å². The average Bonchev–Trinajstić information content (AvgIpc) is 3.61. The summed E-state index contributed by atoms with van der Waals surface area (Å²) in [5.41, 5.74) is 8.17. The highest BCUT2D eigenvalue weighted by Crippen LogP contribution is 2.28. The standard InChI is InChI=1S/C30H33N7O/c1-4-7-12-25-20-37(28-22(5-2)10-8-11-23(28)6-3)30(38)36(25)19-21-14-16-24(17-15-21)27-26(13-9-18-31-27)29-32-34-35-33-29/h8-11,13-18,20H,4-7,12,19H2,1-3H3,(H,32,33,34,35). The highest BCUT2D eigenvalue weighted by atomic mass is 16.1. The van der Waals surface area contributed by atoms with E-state index < -0.39 is 0 Å². The van der Waals surface area contributed by atoms with Crippen molar-refractivity contribution >= 4 is 0 Å². The number of aromatic nitrogens is 7. The minimum atomic E-state index is 0.0145.